The van der Waals surface area contributed by atoms with Gasteiger partial charge >= 0.3 is 0 Å². The zero-order valence-electron chi connectivity index (χ0n) is 11.2. The van der Waals surface area contributed by atoms with Gasteiger partial charge in [-0.2, -0.15) is 0 Å². The fourth-order valence-corrected chi connectivity index (χ4v) is 1.31. The van der Waals surface area contributed by atoms with Crippen molar-refractivity contribution in [2.75, 3.05) is 0 Å². The van der Waals surface area contributed by atoms with Crippen molar-refractivity contribution >= 4 is 0 Å². The molecule has 0 aliphatic heterocycles. The van der Waals surface area contributed by atoms with E-state index in [2.05, 4.69) is 33.9 Å². The van der Waals surface area contributed by atoms with Crippen molar-refractivity contribution in [3.05, 3.63) is 13.2 Å². The van der Waals surface area contributed by atoms with Crippen LogP contribution in [0.1, 0.15) is 73.1 Å². The minimum absolute atomic E-state index is 1.04. The smallest absolute Gasteiger partial charge is 0.0443 e. The average molecular weight is 200 g/mol. The van der Waals surface area contributed by atoms with Crippen LogP contribution in [-0.4, -0.2) is 0 Å². The van der Waals surface area contributed by atoms with Crippen LogP contribution in [0.3, 0.4) is 0 Å². The van der Waals surface area contributed by atoms with E-state index in [1.807, 2.05) is 13.8 Å². The molecule has 0 unspecified atom stereocenters. The first-order valence-corrected chi connectivity index (χ1v) is 6.31. The molecule has 0 heteroatoms. The third-order valence-corrected chi connectivity index (χ3v) is 1.89. The van der Waals surface area contributed by atoms with Crippen LogP contribution in [0.25, 0.3) is 0 Å². The second-order valence-electron chi connectivity index (χ2n) is 3.45. The Morgan fingerprint density at radius 3 is 1.36 bits per heavy atom. The summed E-state index contributed by atoms with van der Waals surface area (Å²) in [5.74, 6) is 1.04. The highest BCUT2D eigenvalue weighted by molar-refractivity contribution is 4.59. The molecule has 0 spiro atoms. The summed E-state index contributed by atoms with van der Waals surface area (Å²) in [5, 5.41) is 0. The normalized spacial score (nSPS) is 14.6. The van der Waals surface area contributed by atoms with Gasteiger partial charge in [0, 0.05) is 0 Å². The van der Waals surface area contributed by atoms with E-state index in [1.54, 1.807) is 0 Å². The highest BCUT2D eigenvalue weighted by Crippen LogP contribution is 2.21. The Labute approximate surface area is 92.8 Å². The summed E-state index contributed by atoms with van der Waals surface area (Å²) in [6.45, 7) is 16.6. The average Bonchev–Trinajstić information content (AvgIpc) is 2.26. The monoisotopic (exact) mass is 200 g/mol. The fraction of sp³-hybridized carbons (Fsp3) is 0.857. The Hall–Kier alpha value is -0.260. The lowest BCUT2D eigenvalue weighted by Gasteiger charge is -2.15. The summed E-state index contributed by atoms with van der Waals surface area (Å²) in [7, 11) is 0. The van der Waals surface area contributed by atoms with E-state index in [-0.39, 0.29) is 0 Å². The summed E-state index contributed by atoms with van der Waals surface area (Å²) >= 11 is 0. The molecule has 1 rings (SSSR count). The van der Waals surface area contributed by atoms with E-state index in [1.165, 1.54) is 38.5 Å². The molecule has 0 amide bonds. The van der Waals surface area contributed by atoms with Gasteiger partial charge in [-0.3, -0.25) is 0 Å². The predicted molar refractivity (Wildman–Crippen MR) is 70.8 cm³/mol. The van der Waals surface area contributed by atoms with Crippen LogP contribution in [-0.2, 0) is 0 Å². The van der Waals surface area contributed by atoms with Gasteiger partial charge in [0.1, 0.15) is 0 Å². The quantitative estimate of drug-likeness (QED) is 0.431. The summed E-state index contributed by atoms with van der Waals surface area (Å²) in [6, 6.07) is 0. The Bertz CT molecular complexity index is 60.4. The first-order chi connectivity index (χ1) is 6.81. The highest BCUT2D eigenvalue weighted by atomic mass is 14.1. The van der Waals surface area contributed by atoms with E-state index in [9.17, 15) is 0 Å². The Balaban J connectivity index is -0.000000148. The van der Waals surface area contributed by atoms with Crippen molar-refractivity contribution < 1.29 is 0 Å². The van der Waals surface area contributed by atoms with Gasteiger partial charge in [0.2, 0.25) is 0 Å². The van der Waals surface area contributed by atoms with Crippen molar-refractivity contribution in [1.29, 1.82) is 0 Å². The van der Waals surface area contributed by atoms with Crippen LogP contribution in [0.4, 0.5) is 0 Å². The predicted octanol–water partition coefficient (Wildman–Crippen LogP) is 5.83. The molecule has 88 valence electrons. The van der Waals surface area contributed by atoms with E-state index in [4.69, 9.17) is 0 Å². The van der Waals surface area contributed by atoms with Crippen LogP contribution in [0.5, 0.6) is 0 Å². The van der Waals surface area contributed by atoms with Gasteiger partial charge in [-0.25, -0.2) is 0 Å². The number of hydrogen-bond donors (Lipinski definition) is 0. The third kappa shape index (κ3) is 22.6. The van der Waals surface area contributed by atoms with Gasteiger partial charge in [0.05, 0.1) is 0 Å². The minimum Gasteiger partial charge on any atom is -0.106 e. The molecule has 0 bridgehead atoms. The Morgan fingerprint density at radius 1 is 0.929 bits per heavy atom. The maximum absolute atomic E-state index is 3.00. The fourth-order valence-electron chi connectivity index (χ4n) is 1.31. The summed E-state index contributed by atoms with van der Waals surface area (Å²) in [4.78, 5) is 0. The van der Waals surface area contributed by atoms with E-state index in [0.717, 1.165) is 5.92 Å². The lowest BCUT2D eigenvalue weighted by molar-refractivity contribution is 0.385. The summed E-state index contributed by atoms with van der Waals surface area (Å²) in [5.41, 5.74) is 0. The Kier molecular flexibility index (Phi) is 31.7. The molecule has 0 aromatic heterocycles. The van der Waals surface area contributed by atoms with Crippen LogP contribution in [0.2, 0.25) is 0 Å². The van der Waals surface area contributed by atoms with Crippen LogP contribution in [0, 0.1) is 5.92 Å². The molecule has 0 saturated heterocycles. The number of rotatable bonds is 0. The van der Waals surface area contributed by atoms with Crippen LogP contribution in [0.15, 0.2) is 13.2 Å². The van der Waals surface area contributed by atoms with E-state index < -0.39 is 0 Å². The second-order valence-corrected chi connectivity index (χ2v) is 3.45. The van der Waals surface area contributed by atoms with Crippen LogP contribution >= 0.6 is 0 Å². The highest BCUT2D eigenvalue weighted by Gasteiger charge is 2.05. The Morgan fingerprint density at radius 2 is 1.21 bits per heavy atom. The van der Waals surface area contributed by atoms with Gasteiger partial charge in [-0.1, -0.05) is 73.1 Å². The molecule has 1 saturated carbocycles. The van der Waals surface area contributed by atoms with Crippen molar-refractivity contribution in [1.82, 2.24) is 0 Å². The lowest BCUT2D eigenvalue weighted by Crippen LogP contribution is -1.99. The third-order valence-electron chi connectivity index (χ3n) is 1.89. The second kappa shape index (κ2) is 23.0. The van der Waals surface area contributed by atoms with E-state index >= 15 is 0 Å². The molecule has 0 N–H and O–H groups in total. The molecule has 14 heavy (non-hydrogen) atoms. The molecule has 0 radical (unpaired) electrons. The first kappa shape index (κ1) is 19.3. The standard InChI is InChI=1S/C7H14.C3H8.C2H6.C2H4/c1-7-5-3-2-4-6-7;1-3-2;2*1-2/h7H,2-6H2,1H3;3H2,1-2H3;1-2H3;1-2H2. The maximum atomic E-state index is 3.00. The molecule has 0 heterocycles. The van der Waals surface area contributed by atoms with Gasteiger partial charge < -0.3 is 0 Å². The van der Waals surface area contributed by atoms with Gasteiger partial charge in [0.25, 0.3) is 0 Å². The topological polar surface area (TPSA) is 0 Å². The molecule has 1 aliphatic rings. The van der Waals surface area contributed by atoms with Gasteiger partial charge in [-0.15, -0.1) is 13.2 Å². The SMILES string of the molecule is C=C.CC.CC1CCCCC1.CCC. The van der Waals surface area contributed by atoms with Crippen molar-refractivity contribution in [2.24, 2.45) is 5.92 Å². The van der Waals surface area contributed by atoms with Gasteiger partial charge in [0.15, 0.2) is 0 Å². The molecule has 0 atom stereocenters. The molecule has 1 aliphatic carbocycles. The molecular formula is C14H32. The summed E-state index contributed by atoms with van der Waals surface area (Å²) in [6.07, 6.45) is 8.69. The molecular weight excluding hydrogens is 168 g/mol. The largest absolute Gasteiger partial charge is 0.106 e. The van der Waals surface area contributed by atoms with Crippen molar-refractivity contribution in [2.45, 2.75) is 73.1 Å². The van der Waals surface area contributed by atoms with Gasteiger partial charge in [-0.05, 0) is 5.92 Å². The molecule has 1 fully saturated rings. The number of hydrogen-bond acceptors (Lipinski definition) is 0. The molecule has 0 aromatic rings. The zero-order chi connectivity index (χ0) is 11.8. The molecule has 0 aromatic carbocycles. The summed E-state index contributed by atoms with van der Waals surface area (Å²) < 4.78 is 0. The zero-order valence-corrected chi connectivity index (χ0v) is 11.2. The van der Waals surface area contributed by atoms with Crippen LogP contribution < -0.4 is 0 Å². The molecule has 0 nitrogen and oxygen atoms in total. The lowest BCUT2D eigenvalue weighted by atomic mass is 9.91. The maximum Gasteiger partial charge on any atom is -0.0443 e. The first-order valence-electron chi connectivity index (χ1n) is 6.31. The van der Waals surface area contributed by atoms with Crippen molar-refractivity contribution in [3.8, 4) is 0 Å². The van der Waals surface area contributed by atoms with E-state index in [0.29, 0.717) is 0 Å². The van der Waals surface area contributed by atoms with Crippen molar-refractivity contribution in [3.63, 3.8) is 0 Å². The minimum atomic E-state index is 1.04.